The van der Waals surface area contributed by atoms with Gasteiger partial charge in [-0.2, -0.15) is 4.99 Å². The van der Waals surface area contributed by atoms with Gasteiger partial charge in [0.2, 0.25) is 0 Å². The highest BCUT2D eigenvalue weighted by Crippen LogP contribution is 2.18. The summed E-state index contributed by atoms with van der Waals surface area (Å²) in [5.74, 6) is 0.211. The van der Waals surface area contributed by atoms with E-state index in [-0.39, 0.29) is 5.75 Å². The number of rotatable bonds is 7. The van der Waals surface area contributed by atoms with E-state index >= 15 is 0 Å². The van der Waals surface area contributed by atoms with Crippen LogP contribution < -0.4 is 0 Å². The van der Waals surface area contributed by atoms with Crippen molar-refractivity contribution < 1.29 is 8.42 Å². The fourth-order valence-corrected chi connectivity index (χ4v) is 3.09. The van der Waals surface area contributed by atoms with Crippen LogP contribution in [0.1, 0.15) is 32.6 Å². The molecule has 0 saturated carbocycles. The summed E-state index contributed by atoms with van der Waals surface area (Å²) in [4.78, 5) is 4.14. The first-order valence-electron chi connectivity index (χ1n) is 6.01. The van der Waals surface area contributed by atoms with Crippen LogP contribution in [0.5, 0.6) is 0 Å². The van der Waals surface area contributed by atoms with Crippen molar-refractivity contribution in [3.8, 4) is 0 Å². The van der Waals surface area contributed by atoms with Gasteiger partial charge in [-0.1, -0.05) is 26.2 Å². The Hall–Kier alpha value is -1.03. The number of thiocarbonyl (C=S) groups is 1. The number of aliphatic imine (C=N–C) groups is 1. The maximum absolute atomic E-state index is 12.0. The van der Waals surface area contributed by atoms with E-state index in [9.17, 15) is 8.42 Å². The van der Waals surface area contributed by atoms with Crippen LogP contribution in [0.25, 0.3) is 0 Å². The summed E-state index contributed by atoms with van der Waals surface area (Å²) in [6.45, 7) is 2.10. The lowest BCUT2D eigenvalue weighted by Gasteiger charge is -2.04. The zero-order valence-electron chi connectivity index (χ0n) is 10.4. The molecule has 0 heterocycles. The van der Waals surface area contributed by atoms with Gasteiger partial charge in [-0.15, -0.1) is 0 Å². The standard InChI is InChI=1S/C13H17NO2S2/c1-2-3-4-5-10-18(15,16)13-8-6-12(7-9-13)14-11-17/h6-9H,2-5,10H2,1H3. The Morgan fingerprint density at radius 1 is 1.17 bits per heavy atom. The Labute approximate surface area is 114 Å². The molecule has 0 fully saturated rings. The molecule has 3 nitrogen and oxygen atoms in total. The Balaban J connectivity index is 2.69. The average molecular weight is 283 g/mol. The van der Waals surface area contributed by atoms with Crippen molar-refractivity contribution in [1.82, 2.24) is 0 Å². The summed E-state index contributed by atoms with van der Waals surface area (Å²) >= 11 is 4.49. The summed E-state index contributed by atoms with van der Waals surface area (Å²) in [5.41, 5.74) is 0.620. The van der Waals surface area contributed by atoms with Crippen LogP contribution in [0, 0.1) is 0 Å². The average Bonchev–Trinajstić information content (AvgIpc) is 2.36. The molecule has 0 aliphatic carbocycles. The van der Waals surface area contributed by atoms with Crippen molar-refractivity contribution in [2.24, 2.45) is 4.99 Å². The molecule has 0 atom stereocenters. The van der Waals surface area contributed by atoms with Crippen LogP contribution >= 0.6 is 12.2 Å². The number of nitrogens with zero attached hydrogens (tertiary/aromatic N) is 1. The van der Waals surface area contributed by atoms with Crippen molar-refractivity contribution in [1.29, 1.82) is 0 Å². The molecule has 18 heavy (non-hydrogen) atoms. The summed E-state index contributed by atoms with van der Waals surface area (Å²) in [6.07, 6.45) is 3.86. The van der Waals surface area contributed by atoms with Gasteiger partial charge in [-0.05, 0) is 42.9 Å². The monoisotopic (exact) mass is 283 g/mol. The smallest absolute Gasteiger partial charge is 0.178 e. The van der Waals surface area contributed by atoms with Gasteiger partial charge in [0.15, 0.2) is 9.84 Å². The topological polar surface area (TPSA) is 46.5 Å². The van der Waals surface area contributed by atoms with E-state index in [2.05, 4.69) is 29.3 Å². The normalized spacial score (nSPS) is 10.9. The van der Waals surface area contributed by atoms with E-state index < -0.39 is 9.84 Å². The van der Waals surface area contributed by atoms with Crippen LogP contribution in [0.15, 0.2) is 34.2 Å². The lowest BCUT2D eigenvalue weighted by molar-refractivity contribution is 0.589. The van der Waals surface area contributed by atoms with Crippen molar-refractivity contribution in [2.45, 2.75) is 37.5 Å². The zero-order valence-corrected chi connectivity index (χ0v) is 12.1. The van der Waals surface area contributed by atoms with Crippen molar-refractivity contribution in [3.63, 3.8) is 0 Å². The first kappa shape index (κ1) is 15.0. The Bertz CT molecular complexity index is 514. The third kappa shape index (κ3) is 4.69. The predicted octanol–water partition coefficient (Wildman–Crippen LogP) is 3.77. The fourth-order valence-electron chi connectivity index (χ4n) is 1.62. The molecular formula is C13H17NO2S2. The van der Waals surface area contributed by atoms with Gasteiger partial charge >= 0.3 is 0 Å². The third-order valence-electron chi connectivity index (χ3n) is 2.64. The molecule has 0 aromatic heterocycles. The molecule has 0 amide bonds. The number of hydrogen-bond donors (Lipinski definition) is 0. The lowest BCUT2D eigenvalue weighted by atomic mass is 10.2. The molecule has 0 aliphatic rings. The molecule has 0 saturated heterocycles. The largest absolute Gasteiger partial charge is 0.224 e. The quantitative estimate of drug-likeness (QED) is 0.434. The zero-order chi connectivity index (χ0) is 13.4. The first-order valence-corrected chi connectivity index (χ1v) is 8.07. The van der Waals surface area contributed by atoms with Crippen LogP contribution in [-0.2, 0) is 9.84 Å². The van der Waals surface area contributed by atoms with Gasteiger partial charge in [-0.3, -0.25) is 0 Å². The van der Waals surface area contributed by atoms with Gasteiger partial charge in [0.25, 0.3) is 0 Å². The van der Waals surface area contributed by atoms with Gasteiger partial charge in [0.1, 0.15) is 0 Å². The van der Waals surface area contributed by atoms with E-state index in [1.54, 1.807) is 24.3 Å². The SMILES string of the molecule is CCCCCCS(=O)(=O)c1ccc(N=C=S)cc1. The van der Waals surface area contributed by atoms with Crippen molar-refractivity contribution >= 4 is 32.9 Å². The summed E-state index contributed by atoms with van der Waals surface area (Å²) in [7, 11) is -3.16. The van der Waals surface area contributed by atoms with Crippen molar-refractivity contribution in [3.05, 3.63) is 24.3 Å². The van der Waals surface area contributed by atoms with E-state index in [1.165, 1.54) is 0 Å². The molecule has 0 spiro atoms. The van der Waals surface area contributed by atoms with Gasteiger partial charge in [0.05, 0.1) is 21.5 Å². The van der Waals surface area contributed by atoms with Crippen molar-refractivity contribution in [2.75, 3.05) is 5.75 Å². The van der Waals surface area contributed by atoms with Crippen LogP contribution in [0.4, 0.5) is 5.69 Å². The highest BCUT2D eigenvalue weighted by atomic mass is 32.2. The number of benzene rings is 1. The molecule has 0 aliphatic heterocycles. The Kier molecular flexibility index (Phi) is 6.19. The summed E-state index contributed by atoms with van der Waals surface area (Å²) in [5, 5.41) is 2.25. The predicted molar refractivity (Wildman–Crippen MR) is 77.3 cm³/mol. The fraction of sp³-hybridized carbons (Fsp3) is 0.462. The second kappa shape index (κ2) is 7.41. The van der Waals surface area contributed by atoms with E-state index in [0.717, 1.165) is 25.7 Å². The van der Waals surface area contributed by atoms with Crippen LogP contribution in [0.2, 0.25) is 0 Å². The second-order valence-corrected chi connectivity index (χ2v) is 6.37. The summed E-state index contributed by atoms with van der Waals surface area (Å²) in [6, 6.07) is 6.41. The number of isothiocyanates is 1. The minimum Gasteiger partial charge on any atom is -0.224 e. The van der Waals surface area contributed by atoms with E-state index in [1.807, 2.05) is 0 Å². The number of hydrogen-bond acceptors (Lipinski definition) is 4. The Morgan fingerprint density at radius 3 is 2.39 bits per heavy atom. The molecule has 0 bridgehead atoms. The first-order chi connectivity index (χ1) is 8.60. The van der Waals surface area contributed by atoms with Crippen LogP contribution in [0.3, 0.4) is 0 Å². The molecule has 5 heteroatoms. The maximum Gasteiger partial charge on any atom is 0.178 e. The number of unbranched alkanes of at least 4 members (excludes halogenated alkanes) is 3. The maximum atomic E-state index is 12.0. The van der Waals surface area contributed by atoms with E-state index in [0.29, 0.717) is 10.6 Å². The van der Waals surface area contributed by atoms with Gasteiger partial charge < -0.3 is 0 Å². The van der Waals surface area contributed by atoms with Gasteiger partial charge in [0, 0.05) is 0 Å². The number of sulfone groups is 1. The molecular weight excluding hydrogens is 266 g/mol. The lowest BCUT2D eigenvalue weighted by Crippen LogP contribution is -2.06. The third-order valence-corrected chi connectivity index (χ3v) is 4.55. The highest BCUT2D eigenvalue weighted by molar-refractivity contribution is 7.91. The molecule has 0 N–H and O–H groups in total. The highest BCUT2D eigenvalue weighted by Gasteiger charge is 2.13. The molecule has 1 rings (SSSR count). The molecule has 0 unspecified atom stereocenters. The minimum atomic E-state index is -3.16. The molecule has 98 valence electrons. The minimum absolute atomic E-state index is 0.211. The van der Waals surface area contributed by atoms with Crippen LogP contribution in [-0.4, -0.2) is 19.3 Å². The molecule has 0 radical (unpaired) electrons. The van der Waals surface area contributed by atoms with E-state index in [4.69, 9.17) is 0 Å². The second-order valence-electron chi connectivity index (χ2n) is 4.08. The Morgan fingerprint density at radius 2 is 1.83 bits per heavy atom. The molecule has 1 aromatic carbocycles. The molecule has 1 aromatic rings. The summed E-state index contributed by atoms with van der Waals surface area (Å²) < 4.78 is 24.0. The van der Waals surface area contributed by atoms with Gasteiger partial charge in [-0.25, -0.2) is 8.42 Å².